The van der Waals surface area contributed by atoms with Crippen molar-refractivity contribution in [2.75, 3.05) is 13.1 Å². The first kappa shape index (κ1) is 11.1. The Hall–Kier alpha value is -1.39. The van der Waals surface area contributed by atoms with E-state index in [9.17, 15) is 4.79 Å². The molecule has 1 aliphatic rings. The van der Waals surface area contributed by atoms with Gasteiger partial charge in [0.25, 0.3) is 0 Å². The third kappa shape index (κ3) is 2.59. The van der Waals surface area contributed by atoms with Crippen LogP contribution >= 0.6 is 0 Å². The number of hydrogen-bond acceptors (Lipinski definition) is 4. The quantitative estimate of drug-likeness (QED) is 0.755. The summed E-state index contributed by atoms with van der Waals surface area (Å²) in [6.07, 6.45) is 2.42. The number of likely N-dealkylation sites (tertiary alicyclic amines) is 1. The molecule has 88 valence electrons. The fraction of sp³-hybridized carbons (Fsp3) is 0.727. The van der Waals surface area contributed by atoms with Crippen LogP contribution in [0.5, 0.6) is 0 Å². The number of piperidine rings is 1. The Balaban J connectivity index is 1.88. The standard InChI is InChI=1S/C11H17N3O2/c1-8-3-5-14(6-4-8)11(15)7-10-13-12-9(2)16-10/h8H,3-7H2,1-2H3. The molecule has 0 aliphatic carbocycles. The molecule has 0 atom stereocenters. The Labute approximate surface area is 94.8 Å². The fourth-order valence-electron chi connectivity index (χ4n) is 1.91. The van der Waals surface area contributed by atoms with E-state index in [0.717, 1.165) is 31.8 Å². The van der Waals surface area contributed by atoms with E-state index in [1.165, 1.54) is 0 Å². The third-order valence-electron chi connectivity index (χ3n) is 3.01. The van der Waals surface area contributed by atoms with E-state index in [1.807, 2.05) is 4.90 Å². The molecule has 5 heteroatoms. The van der Waals surface area contributed by atoms with E-state index in [4.69, 9.17) is 4.42 Å². The lowest BCUT2D eigenvalue weighted by Gasteiger charge is -2.29. The first-order valence-electron chi connectivity index (χ1n) is 5.72. The van der Waals surface area contributed by atoms with Crippen molar-refractivity contribution >= 4 is 5.91 Å². The van der Waals surface area contributed by atoms with Crippen LogP contribution in [0, 0.1) is 12.8 Å². The van der Waals surface area contributed by atoms with Crippen molar-refractivity contribution in [3.63, 3.8) is 0 Å². The van der Waals surface area contributed by atoms with Gasteiger partial charge in [0.2, 0.25) is 17.7 Å². The number of aryl methyl sites for hydroxylation is 1. The Morgan fingerprint density at radius 2 is 2.12 bits per heavy atom. The molecule has 0 radical (unpaired) electrons. The highest BCUT2D eigenvalue weighted by atomic mass is 16.4. The predicted octanol–water partition coefficient (Wildman–Crippen LogP) is 1.18. The summed E-state index contributed by atoms with van der Waals surface area (Å²) in [6.45, 7) is 5.66. The smallest absolute Gasteiger partial charge is 0.231 e. The zero-order chi connectivity index (χ0) is 11.5. The van der Waals surface area contributed by atoms with Gasteiger partial charge in [-0.25, -0.2) is 0 Å². The van der Waals surface area contributed by atoms with Gasteiger partial charge in [0.1, 0.15) is 6.42 Å². The second-order valence-electron chi connectivity index (χ2n) is 4.45. The van der Waals surface area contributed by atoms with Crippen molar-refractivity contribution in [2.45, 2.75) is 33.1 Å². The van der Waals surface area contributed by atoms with Crippen LogP contribution in [0.1, 0.15) is 31.5 Å². The van der Waals surface area contributed by atoms with Crippen LogP contribution in [0.4, 0.5) is 0 Å². The topological polar surface area (TPSA) is 59.2 Å². The van der Waals surface area contributed by atoms with Gasteiger partial charge in [0, 0.05) is 20.0 Å². The number of hydrogen-bond donors (Lipinski definition) is 0. The molecule has 0 N–H and O–H groups in total. The van der Waals surface area contributed by atoms with Crippen LogP contribution < -0.4 is 0 Å². The molecule has 1 aromatic heterocycles. The summed E-state index contributed by atoms with van der Waals surface area (Å²) >= 11 is 0. The van der Waals surface area contributed by atoms with Crippen LogP contribution in [0.15, 0.2) is 4.42 Å². The summed E-state index contributed by atoms with van der Waals surface area (Å²) in [5.74, 6) is 1.75. The van der Waals surface area contributed by atoms with Crippen LogP contribution in [-0.4, -0.2) is 34.1 Å². The maximum atomic E-state index is 11.9. The summed E-state index contributed by atoms with van der Waals surface area (Å²) in [6, 6.07) is 0. The minimum Gasteiger partial charge on any atom is -0.425 e. The molecule has 1 amide bonds. The van der Waals surface area contributed by atoms with Gasteiger partial charge in [-0.1, -0.05) is 6.92 Å². The minimum atomic E-state index is 0.0931. The highest BCUT2D eigenvalue weighted by Crippen LogP contribution is 2.16. The van der Waals surface area contributed by atoms with Crippen LogP contribution in [0.25, 0.3) is 0 Å². The zero-order valence-electron chi connectivity index (χ0n) is 9.77. The summed E-state index contributed by atoms with van der Waals surface area (Å²) in [5, 5.41) is 7.54. The number of nitrogens with zero attached hydrogens (tertiary/aromatic N) is 3. The van der Waals surface area contributed by atoms with Crippen LogP contribution in [0.3, 0.4) is 0 Å². The van der Waals surface area contributed by atoms with Gasteiger partial charge in [0.05, 0.1) is 0 Å². The minimum absolute atomic E-state index is 0.0931. The van der Waals surface area contributed by atoms with Gasteiger partial charge in [-0.2, -0.15) is 0 Å². The molecule has 5 nitrogen and oxygen atoms in total. The van der Waals surface area contributed by atoms with E-state index in [2.05, 4.69) is 17.1 Å². The Morgan fingerprint density at radius 3 is 2.69 bits per heavy atom. The first-order valence-corrected chi connectivity index (χ1v) is 5.72. The van der Waals surface area contributed by atoms with Crippen molar-refractivity contribution in [3.8, 4) is 0 Å². The summed E-state index contributed by atoms with van der Waals surface area (Å²) in [7, 11) is 0. The number of aromatic nitrogens is 2. The van der Waals surface area contributed by atoms with Gasteiger partial charge in [0.15, 0.2) is 0 Å². The number of rotatable bonds is 2. The Bertz CT molecular complexity index is 367. The lowest BCUT2D eigenvalue weighted by Crippen LogP contribution is -2.38. The number of carbonyl (C=O) groups excluding carboxylic acids is 1. The predicted molar refractivity (Wildman–Crippen MR) is 57.7 cm³/mol. The molecule has 1 aromatic rings. The molecule has 1 aliphatic heterocycles. The lowest BCUT2D eigenvalue weighted by atomic mass is 9.99. The highest BCUT2D eigenvalue weighted by Gasteiger charge is 2.21. The van der Waals surface area contributed by atoms with Gasteiger partial charge in [-0.15, -0.1) is 10.2 Å². The maximum absolute atomic E-state index is 11.9. The SMILES string of the molecule is Cc1nnc(CC(=O)N2CCC(C)CC2)o1. The van der Waals surface area contributed by atoms with E-state index >= 15 is 0 Å². The molecular weight excluding hydrogens is 206 g/mol. The molecule has 1 fully saturated rings. The fourth-order valence-corrected chi connectivity index (χ4v) is 1.91. The van der Waals surface area contributed by atoms with Gasteiger partial charge in [-0.05, 0) is 18.8 Å². The monoisotopic (exact) mass is 223 g/mol. The molecule has 2 heterocycles. The van der Waals surface area contributed by atoms with Crippen LogP contribution in [0.2, 0.25) is 0 Å². The van der Waals surface area contributed by atoms with Crippen molar-refractivity contribution in [1.82, 2.24) is 15.1 Å². The molecular formula is C11H17N3O2. The van der Waals surface area contributed by atoms with E-state index < -0.39 is 0 Å². The van der Waals surface area contributed by atoms with Crippen molar-refractivity contribution in [1.29, 1.82) is 0 Å². The molecule has 0 aromatic carbocycles. The van der Waals surface area contributed by atoms with Crippen molar-refractivity contribution in [3.05, 3.63) is 11.8 Å². The first-order chi connectivity index (χ1) is 7.65. The van der Waals surface area contributed by atoms with Gasteiger partial charge >= 0.3 is 0 Å². The molecule has 0 unspecified atom stereocenters. The van der Waals surface area contributed by atoms with Gasteiger partial charge < -0.3 is 9.32 Å². The molecule has 0 spiro atoms. The third-order valence-corrected chi connectivity index (χ3v) is 3.01. The van der Waals surface area contributed by atoms with Gasteiger partial charge in [-0.3, -0.25) is 4.79 Å². The van der Waals surface area contributed by atoms with E-state index in [0.29, 0.717) is 11.8 Å². The second-order valence-corrected chi connectivity index (χ2v) is 4.45. The van der Waals surface area contributed by atoms with E-state index in [1.54, 1.807) is 6.92 Å². The molecule has 0 bridgehead atoms. The molecule has 2 rings (SSSR count). The zero-order valence-corrected chi connectivity index (χ0v) is 9.77. The molecule has 1 saturated heterocycles. The summed E-state index contributed by atoms with van der Waals surface area (Å²) in [5.41, 5.74) is 0. The van der Waals surface area contributed by atoms with Crippen molar-refractivity contribution in [2.24, 2.45) is 5.92 Å². The van der Waals surface area contributed by atoms with Crippen LogP contribution in [-0.2, 0) is 11.2 Å². The lowest BCUT2D eigenvalue weighted by molar-refractivity contribution is -0.132. The average Bonchev–Trinajstić information content (AvgIpc) is 2.65. The highest BCUT2D eigenvalue weighted by molar-refractivity contribution is 5.77. The summed E-state index contributed by atoms with van der Waals surface area (Å²) < 4.78 is 5.20. The number of amides is 1. The summed E-state index contributed by atoms with van der Waals surface area (Å²) in [4.78, 5) is 13.8. The average molecular weight is 223 g/mol. The van der Waals surface area contributed by atoms with E-state index in [-0.39, 0.29) is 12.3 Å². The second kappa shape index (κ2) is 4.63. The largest absolute Gasteiger partial charge is 0.425 e. The molecule has 16 heavy (non-hydrogen) atoms. The molecule has 0 saturated carbocycles. The normalized spacial score (nSPS) is 17.8. The maximum Gasteiger partial charge on any atom is 0.231 e. The number of carbonyl (C=O) groups is 1. The Morgan fingerprint density at radius 1 is 1.44 bits per heavy atom. The van der Waals surface area contributed by atoms with Crippen molar-refractivity contribution < 1.29 is 9.21 Å². The Kier molecular flexibility index (Phi) is 3.22.